The average molecular weight is 441 g/mol. The van der Waals surface area contributed by atoms with Crippen LogP contribution < -0.4 is 15.5 Å². The molecule has 1 saturated heterocycles. The lowest BCUT2D eigenvalue weighted by atomic mass is 10.0. The van der Waals surface area contributed by atoms with E-state index in [0.717, 1.165) is 10.8 Å². The van der Waals surface area contributed by atoms with Crippen LogP contribution in [0.5, 0.6) is 0 Å². The van der Waals surface area contributed by atoms with Crippen LogP contribution in [-0.4, -0.2) is 66.2 Å². The smallest absolute Gasteiger partial charge is 0.287 e. The van der Waals surface area contributed by atoms with Crippen LogP contribution in [0.4, 0.5) is 5.13 Å². The first-order valence-corrected chi connectivity index (χ1v) is 10.6. The summed E-state index contributed by atoms with van der Waals surface area (Å²) in [6, 6.07) is -0.169. The summed E-state index contributed by atoms with van der Waals surface area (Å²) in [7, 11) is 3.22. The molecule has 2 aromatic rings. The highest BCUT2D eigenvalue weighted by Gasteiger charge is 2.33. The van der Waals surface area contributed by atoms with E-state index in [1.165, 1.54) is 11.3 Å². The SMILES string of the molecule is CCc1[nH]c(C(=O)N[C@@H]2CCN(c3nc(C)c(C(=O)NC)s3)C[C@@H]2OC)nc1Cl. The Labute approximate surface area is 178 Å². The molecule has 2 atom stereocenters. The molecule has 1 aliphatic rings. The van der Waals surface area contributed by atoms with Crippen molar-refractivity contribution in [1.82, 2.24) is 25.6 Å². The van der Waals surface area contributed by atoms with Crippen LogP contribution in [0, 0.1) is 6.92 Å². The molecular weight excluding hydrogens is 416 g/mol. The van der Waals surface area contributed by atoms with Gasteiger partial charge in [0.1, 0.15) is 4.88 Å². The van der Waals surface area contributed by atoms with Crippen molar-refractivity contribution in [3.8, 4) is 0 Å². The molecule has 0 saturated carbocycles. The number of anilines is 1. The van der Waals surface area contributed by atoms with E-state index in [1.807, 2.05) is 13.8 Å². The Kier molecular flexibility index (Phi) is 6.76. The third-order valence-corrected chi connectivity index (χ3v) is 6.49. The minimum atomic E-state index is -0.306. The number of nitrogens with one attached hydrogen (secondary N) is 3. The number of thiazole rings is 1. The molecule has 0 spiro atoms. The quantitative estimate of drug-likeness (QED) is 0.631. The third kappa shape index (κ3) is 4.54. The fourth-order valence-electron chi connectivity index (χ4n) is 3.30. The monoisotopic (exact) mass is 440 g/mol. The second-order valence-corrected chi connectivity index (χ2v) is 8.12. The molecule has 2 amide bonds. The number of aromatic nitrogens is 3. The van der Waals surface area contributed by atoms with E-state index in [2.05, 4.69) is 30.5 Å². The van der Waals surface area contributed by atoms with E-state index in [1.54, 1.807) is 14.2 Å². The van der Waals surface area contributed by atoms with Gasteiger partial charge < -0.3 is 25.3 Å². The Balaban J connectivity index is 1.68. The number of halogens is 1. The van der Waals surface area contributed by atoms with Crippen LogP contribution >= 0.6 is 22.9 Å². The average Bonchev–Trinajstić information content (AvgIpc) is 3.30. The Hall–Kier alpha value is -2.17. The largest absolute Gasteiger partial charge is 0.377 e. The van der Waals surface area contributed by atoms with E-state index in [0.29, 0.717) is 41.7 Å². The minimum Gasteiger partial charge on any atom is -0.377 e. The van der Waals surface area contributed by atoms with Gasteiger partial charge in [0, 0.05) is 27.2 Å². The maximum absolute atomic E-state index is 12.6. The first-order valence-electron chi connectivity index (χ1n) is 9.40. The number of methoxy groups -OCH3 is 1. The highest BCUT2D eigenvalue weighted by Crippen LogP contribution is 2.29. The number of H-pyrrole nitrogens is 1. The van der Waals surface area contributed by atoms with Gasteiger partial charge in [-0.3, -0.25) is 9.59 Å². The number of aromatic amines is 1. The number of hydrogen-bond donors (Lipinski definition) is 3. The van der Waals surface area contributed by atoms with E-state index in [9.17, 15) is 9.59 Å². The molecular formula is C18H25ClN6O3S. The number of nitrogens with zero attached hydrogens (tertiary/aromatic N) is 3. The van der Waals surface area contributed by atoms with Crippen LogP contribution in [-0.2, 0) is 11.2 Å². The molecule has 158 valence electrons. The van der Waals surface area contributed by atoms with Gasteiger partial charge in [-0.05, 0) is 19.8 Å². The first-order chi connectivity index (χ1) is 13.9. The molecule has 3 N–H and O–H groups in total. The van der Waals surface area contributed by atoms with Gasteiger partial charge in [-0.2, -0.15) is 0 Å². The van der Waals surface area contributed by atoms with Gasteiger partial charge in [0.05, 0.1) is 23.5 Å². The maximum Gasteiger partial charge on any atom is 0.287 e. The Morgan fingerprint density at radius 1 is 1.38 bits per heavy atom. The molecule has 0 radical (unpaired) electrons. The molecule has 0 aliphatic carbocycles. The predicted molar refractivity (Wildman–Crippen MR) is 112 cm³/mol. The van der Waals surface area contributed by atoms with E-state index >= 15 is 0 Å². The van der Waals surface area contributed by atoms with Crippen LogP contribution in [0.2, 0.25) is 5.15 Å². The first kappa shape index (κ1) is 21.5. The molecule has 2 aromatic heterocycles. The second kappa shape index (κ2) is 9.10. The Morgan fingerprint density at radius 2 is 2.14 bits per heavy atom. The predicted octanol–water partition coefficient (Wildman–Crippen LogP) is 1.77. The van der Waals surface area contributed by atoms with Crippen molar-refractivity contribution in [1.29, 1.82) is 0 Å². The fourth-order valence-corrected chi connectivity index (χ4v) is 4.62. The lowest BCUT2D eigenvalue weighted by molar-refractivity contribution is 0.0538. The molecule has 0 bridgehead atoms. The lowest BCUT2D eigenvalue weighted by Crippen LogP contribution is -2.55. The number of imidazole rings is 1. The van der Waals surface area contributed by atoms with Crippen LogP contribution in [0.3, 0.4) is 0 Å². The zero-order valence-corrected chi connectivity index (χ0v) is 18.4. The molecule has 1 fully saturated rings. The summed E-state index contributed by atoms with van der Waals surface area (Å²) >= 11 is 7.39. The Morgan fingerprint density at radius 3 is 2.76 bits per heavy atom. The molecule has 1 aliphatic heterocycles. The summed E-state index contributed by atoms with van der Waals surface area (Å²) in [6.07, 6.45) is 1.12. The fraction of sp³-hybridized carbons (Fsp3) is 0.556. The van der Waals surface area contributed by atoms with Crippen LogP contribution in [0.1, 0.15) is 45.0 Å². The van der Waals surface area contributed by atoms with Gasteiger partial charge in [0.2, 0.25) is 0 Å². The van der Waals surface area contributed by atoms with Gasteiger partial charge in [-0.25, -0.2) is 9.97 Å². The Bertz CT molecular complexity index is 898. The number of amides is 2. The lowest BCUT2D eigenvalue weighted by Gasteiger charge is -2.37. The highest BCUT2D eigenvalue weighted by molar-refractivity contribution is 7.17. The topological polar surface area (TPSA) is 112 Å². The molecule has 3 rings (SSSR count). The number of ether oxygens (including phenoxy) is 1. The van der Waals surface area contributed by atoms with Crippen molar-refractivity contribution >= 4 is 39.9 Å². The van der Waals surface area contributed by atoms with Gasteiger partial charge in [-0.1, -0.05) is 29.9 Å². The summed E-state index contributed by atoms with van der Waals surface area (Å²) in [5.41, 5.74) is 1.44. The summed E-state index contributed by atoms with van der Waals surface area (Å²) in [6.45, 7) is 5.00. The zero-order chi connectivity index (χ0) is 21.1. The normalized spacial score (nSPS) is 19.3. The van der Waals surface area contributed by atoms with Crippen molar-refractivity contribution in [2.24, 2.45) is 0 Å². The number of rotatable bonds is 6. The minimum absolute atomic E-state index is 0.139. The van der Waals surface area contributed by atoms with E-state index < -0.39 is 0 Å². The van der Waals surface area contributed by atoms with Crippen molar-refractivity contribution in [3.05, 3.63) is 27.2 Å². The molecule has 11 heteroatoms. The maximum atomic E-state index is 12.6. The number of carbonyl (C=O) groups excluding carboxylic acids is 2. The van der Waals surface area contributed by atoms with Gasteiger partial charge in [-0.15, -0.1) is 0 Å². The number of aryl methyl sites for hydroxylation is 2. The van der Waals surface area contributed by atoms with Crippen molar-refractivity contribution in [2.75, 3.05) is 32.1 Å². The molecule has 3 heterocycles. The highest BCUT2D eigenvalue weighted by atomic mass is 35.5. The third-order valence-electron chi connectivity index (χ3n) is 4.96. The number of hydrogen-bond acceptors (Lipinski definition) is 7. The van der Waals surface area contributed by atoms with Gasteiger partial charge >= 0.3 is 0 Å². The second-order valence-electron chi connectivity index (χ2n) is 6.79. The van der Waals surface area contributed by atoms with Crippen LogP contribution in [0.15, 0.2) is 0 Å². The van der Waals surface area contributed by atoms with Gasteiger partial charge in [0.15, 0.2) is 16.1 Å². The van der Waals surface area contributed by atoms with E-state index in [-0.39, 0.29) is 29.8 Å². The summed E-state index contributed by atoms with van der Waals surface area (Å²) in [4.78, 5) is 38.8. The van der Waals surface area contributed by atoms with Crippen LogP contribution in [0.25, 0.3) is 0 Å². The molecule has 29 heavy (non-hydrogen) atoms. The summed E-state index contributed by atoms with van der Waals surface area (Å²) < 4.78 is 5.63. The molecule has 9 nitrogen and oxygen atoms in total. The summed E-state index contributed by atoms with van der Waals surface area (Å²) in [5, 5.41) is 6.72. The number of piperidine rings is 1. The number of carbonyl (C=O) groups is 2. The van der Waals surface area contributed by atoms with Gasteiger partial charge in [0.25, 0.3) is 11.8 Å². The van der Waals surface area contributed by atoms with E-state index in [4.69, 9.17) is 16.3 Å². The van der Waals surface area contributed by atoms with Crippen molar-refractivity contribution in [2.45, 2.75) is 38.8 Å². The molecule has 0 aromatic carbocycles. The van der Waals surface area contributed by atoms with Crippen molar-refractivity contribution in [3.63, 3.8) is 0 Å². The molecule has 0 unspecified atom stereocenters. The standard InChI is InChI=1S/C18H25ClN6O3S/c1-5-10-14(19)24-15(22-10)17(27)23-11-6-7-25(8-12(11)28-4)18-21-9(2)13(29-18)16(26)20-3/h11-12H,5-8H2,1-4H3,(H,20,26)(H,22,24)(H,23,27)/t11-,12+/m1/s1. The van der Waals surface area contributed by atoms with Crippen molar-refractivity contribution < 1.29 is 14.3 Å². The zero-order valence-electron chi connectivity index (χ0n) is 16.8. The summed E-state index contributed by atoms with van der Waals surface area (Å²) in [5.74, 6) is -0.241.